The van der Waals surface area contributed by atoms with Crippen LogP contribution in [-0.2, 0) is 11.2 Å². The predicted octanol–water partition coefficient (Wildman–Crippen LogP) is 2.42. The number of aromatic nitrogens is 2. The van der Waals surface area contributed by atoms with Crippen LogP contribution in [0.1, 0.15) is 24.1 Å². The number of benzene rings is 1. The molecule has 1 aromatic heterocycles. The first-order valence-corrected chi connectivity index (χ1v) is 6.47. The van der Waals surface area contributed by atoms with E-state index in [9.17, 15) is 4.79 Å². The lowest BCUT2D eigenvalue weighted by atomic mass is 10.1. The summed E-state index contributed by atoms with van der Waals surface area (Å²) in [6, 6.07) is 10.1. The second-order valence-electron chi connectivity index (χ2n) is 4.82. The molecule has 1 fully saturated rings. The van der Waals surface area contributed by atoms with Crippen molar-refractivity contribution in [3.8, 4) is 0 Å². The number of nitrogens with one attached hydrogen (secondary N) is 1. The molecule has 3 rings (SSSR count). The number of anilines is 1. The average Bonchev–Trinajstić information content (AvgIpc) is 3.24. The van der Waals surface area contributed by atoms with Crippen LogP contribution in [0.2, 0.25) is 0 Å². The van der Waals surface area contributed by atoms with Crippen LogP contribution in [-0.4, -0.2) is 15.9 Å². The van der Waals surface area contributed by atoms with Crippen LogP contribution in [0.4, 0.5) is 5.82 Å². The highest BCUT2D eigenvalue weighted by Crippen LogP contribution is 2.29. The monoisotopic (exact) mass is 253 g/mol. The van der Waals surface area contributed by atoms with Crippen molar-refractivity contribution >= 4 is 11.7 Å². The zero-order chi connectivity index (χ0) is 13.1. The summed E-state index contributed by atoms with van der Waals surface area (Å²) in [7, 11) is 0. The molecule has 1 amide bonds. The maximum absolute atomic E-state index is 11.7. The molecule has 0 bridgehead atoms. The maximum atomic E-state index is 11.7. The highest BCUT2D eigenvalue weighted by molar-refractivity contribution is 5.93. The second kappa shape index (κ2) is 5.18. The van der Waals surface area contributed by atoms with Gasteiger partial charge in [-0.2, -0.15) is 0 Å². The molecule has 1 aromatic carbocycles. The van der Waals surface area contributed by atoms with E-state index in [0.717, 1.165) is 25.0 Å². The number of nitrogens with zero attached hydrogens (tertiary/aromatic N) is 2. The van der Waals surface area contributed by atoms with Crippen LogP contribution < -0.4 is 5.32 Å². The molecule has 0 unspecified atom stereocenters. The summed E-state index contributed by atoms with van der Waals surface area (Å²) >= 11 is 0. The van der Waals surface area contributed by atoms with Gasteiger partial charge in [0.25, 0.3) is 0 Å². The summed E-state index contributed by atoms with van der Waals surface area (Å²) in [5.41, 5.74) is 2.04. The van der Waals surface area contributed by atoms with Crippen molar-refractivity contribution in [1.82, 2.24) is 9.97 Å². The molecule has 4 nitrogen and oxygen atoms in total. The van der Waals surface area contributed by atoms with Crippen LogP contribution in [0.25, 0.3) is 0 Å². The van der Waals surface area contributed by atoms with Crippen molar-refractivity contribution < 1.29 is 4.79 Å². The van der Waals surface area contributed by atoms with Crippen molar-refractivity contribution in [3.05, 3.63) is 54.0 Å². The van der Waals surface area contributed by atoms with Gasteiger partial charge in [-0.25, -0.2) is 4.98 Å². The van der Waals surface area contributed by atoms with E-state index < -0.39 is 0 Å². The van der Waals surface area contributed by atoms with Gasteiger partial charge >= 0.3 is 0 Å². The summed E-state index contributed by atoms with van der Waals surface area (Å²) in [5, 5.41) is 2.82. The zero-order valence-corrected chi connectivity index (χ0v) is 10.5. The smallest absolute Gasteiger partial charge is 0.228 e. The molecule has 0 aliphatic heterocycles. The molecule has 0 radical (unpaired) electrons. The molecule has 1 heterocycles. The Bertz CT molecular complexity index is 579. The fourth-order valence-corrected chi connectivity index (χ4v) is 1.93. The lowest BCUT2D eigenvalue weighted by Crippen LogP contribution is -2.15. The van der Waals surface area contributed by atoms with Crippen molar-refractivity contribution in [3.63, 3.8) is 0 Å². The largest absolute Gasteiger partial charge is 0.309 e. The van der Waals surface area contributed by atoms with E-state index in [2.05, 4.69) is 27.4 Å². The maximum Gasteiger partial charge on any atom is 0.228 e. The minimum atomic E-state index is 0.0613. The van der Waals surface area contributed by atoms with Crippen LogP contribution >= 0.6 is 0 Å². The molecule has 1 N–H and O–H groups in total. The van der Waals surface area contributed by atoms with E-state index >= 15 is 0 Å². The number of rotatable bonds is 4. The van der Waals surface area contributed by atoms with E-state index in [4.69, 9.17) is 0 Å². The van der Waals surface area contributed by atoms with E-state index in [1.807, 2.05) is 18.2 Å². The molecule has 4 heteroatoms. The minimum absolute atomic E-state index is 0.0613. The van der Waals surface area contributed by atoms with Gasteiger partial charge in [-0.05, 0) is 18.4 Å². The summed E-state index contributed by atoms with van der Waals surface area (Å²) in [6.07, 6.45) is 6.03. The molecule has 1 aliphatic carbocycles. The normalized spacial score (nSPS) is 14.1. The quantitative estimate of drug-likeness (QED) is 0.910. The third-order valence-corrected chi connectivity index (χ3v) is 3.11. The number of carbonyl (C=O) groups is 1. The van der Waals surface area contributed by atoms with Gasteiger partial charge in [0, 0.05) is 18.5 Å². The molecule has 0 spiro atoms. The number of amides is 1. The minimum Gasteiger partial charge on any atom is -0.309 e. The highest BCUT2D eigenvalue weighted by atomic mass is 16.2. The van der Waals surface area contributed by atoms with Gasteiger partial charge in [0.2, 0.25) is 5.91 Å². The Labute approximate surface area is 111 Å². The fourth-order valence-electron chi connectivity index (χ4n) is 1.93. The van der Waals surface area contributed by atoms with E-state index in [0.29, 0.717) is 5.82 Å². The summed E-state index contributed by atoms with van der Waals surface area (Å²) in [5.74, 6) is 0.788. The lowest BCUT2D eigenvalue weighted by Gasteiger charge is -2.05. The number of hydrogen-bond acceptors (Lipinski definition) is 3. The van der Waals surface area contributed by atoms with E-state index in [-0.39, 0.29) is 11.8 Å². The standard InChI is InChI=1S/C15H15N3O/c19-15(12-6-7-12)18-14-10-16-9-13(17-14)8-11-4-2-1-3-5-11/h1-5,9-10,12H,6-8H2,(H,17,18,19). The van der Waals surface area contributed by atoms with Gasteiger partial charge in [-0.15, -0.1) is 0 Å². The summed E-state index contributed by atoms with van der Waals surface area (Å²) < 4.78 is 0. The van der Waals surface area contributed by atoms with Gasteiger partial charge in [0.1, 0.15) is 0 Å². The first kappa shape index (κ1) is 11.8. The van der Waals surface area contributed by atoms with Gasteiger partial charge in [-0.3, -0.25) is 9.78 Å². The summed E-state index contributed by atoms with van der Waals surface area (Å²) in [4.78, 5) is 20.2. The SMILES string of the molecule is O=C(Nc1cncc(Cc2ccccc2)n1)C1CC1. The second-order valence-corrected chi connectivity index (χ2v) is 4.82. The number of carbonyl (C=O) groups excluding carboxylic acids is 1. The topological polar surface area (TPSA) is 54.9 Å². The van der Waals surface area contributed by atoms with Crippen LogP contribution in [0.5, 0.6) is 0 Å². The Morgan fingerprint density at radius 2 is 2.00 bits per heavy atom. The zero-order valence-electron chi connectivity index (χ0n) is 10.5. The Morgan fingerprint density at radius 3 is 2.74 bits per heavy atom. The van der Waals surface area contributed by atoms with Crippen LogP contribution in [0.3, 0.4) is 0 Å². The van der Waals surface area contributed by atoms with Crippen molar-refractivity contribution in [2.75, 3.05) is 5.32 Å². The molecule has 1 saturated carbocycles. The fraction of sp³-hybridized carbons (Fsp3) is 0.267. The molecule has 0 atom stereocenters. The average molecular weight is 253 g/mol. The van der Waals surface area contributed by atoms with Gasteiger partial charge in [0.15, 0.2) is 5.82 Å². The molecular formula is C15H15N3O. The molecule has 1 aliphatic rings. The molecular weight excluding hydrogens is 238 g/mol. The molecule has 19 heavy (non-hydrogen) atoms. The lowest BCUT2D eigenvalue weighted by molar-refractivity contribution is -0.117. The Hall–Kier alpha value is -2.23. The Morgan fingerprint density at radius 1 is 1.21 bits per heavy atom. The molecule has 0 saturated heterocycles. The summed E-state index contributed by atoms with van der Waals surface area (Å²) in [6.45, 7) is 0. The van der Waals surface area contributed by atoms with Crippen molar-refractivity contribution in [2.24, 2.45) is 5.92 Å². The van der Waals surface area contributed by atoms with Gasteiger partial charge < -0.3 is 5.32 Å². The van der Waals surface area contributed by atoms with E-state index in [1.165, 1.54) is 5.56 Å². The van der Waals surface area contributed by atoms with Gasteiger partial charge in [-0.1, -0.05) is 30.3 Å². The Kier molecular flexibility index (Phi) is 3.23. The van der Waals surface area contributed by atoms with Crippen molar-refractivity contribution in [1.29, 1.82) is 0 Å². The molecule has 96 valence electrons. The third-order valence-electron chi connectivity index (χ3n) is 3.11. The van der Waals surface area contributed by atoms with Crippen LogP contribution in [0, 0.1) is 5.92 Å². The molecule has 2 aromatic rings. The Balaban J connectivity index is 1.70. The van der Waals surface area contributed by atoms with Crippen LogP contribution in [0.15, 0.2) is 42.7 Å². The highest BCUT2D eigenvalue weighted by Gasteiger charge is 2.29. The first-order valence-electron chi connectivity index (χ1n) is 6.47. The van der Waals surface area contributed by atoms with Crippen molar-refractivity contribution in [2.45, 2.75) is 19.3 Å². The third kappa shape index (κ3) is 3.16. The first-order chi connectivity index (χ1) is 9.31. The van der Waals surface area contributed by atoms with E-state index in [1.54, 1.807) is 12.4 Å². The predicted molar refractivity (Wildman–Crippen MR) is 72.6 cm³/mol. The van der Waals surface area contributed by atoms with Gasteiger partial charge in [0.05, 0.1) is 11.9 Å². The number of hydrogen-bond donors (Lipinski definition) is 1.